The Morgan fingerprint density at radius 2 is 1.07 bits per heavy atom. The fraction of sp³-hybridized carbons (Fsp3) is 0.211. The molecule has 28 heavy (non-hydrogen) atoms. The zero-order chi connectivity index (χ0) is 21.8. The number of aromatic hydroxyl groups is 3. The number of aromatic carboxylic acids is 3. The lowest BCUT2D eigenvalue weighted by Gasteiger charge is -2.20. The van der Waals surface area contributed by atoms with Crippen molar-refractivity contribution in [3.63, 3.8) is 0 Å². The summed E-state index contributed by atoms with van der Waals surface area (Å²) in [5, 5.41) is 52.9. The van der Waals surface area contributed by atoms with E-state index in [9.17, 15) is 14.4 Å². The van der Waals surface area contributed by atoms with Crippen LogP contribution in [0.15, 0.2) is 30.3 Å². The van der Waals surface area contributed by atoms with Crippen molar-refractivity contribution in [2.45, 2.75) is 26.2 Å². The average molecular weight is 392 g/mol. The van der Waals surface area contributed by atoms with Crippen LogP contribution >= 0.6 is 0 Å². The van der Waals surface area contributed by atoms with Gasteiger partial charge in [0.05, 0.1) is 11.1 Å². The second-order valence-electron chi connectivity index (χ2n) is 6.82. The van der Waals surface area contributed by atoms with Crippen molar-refractivity contribution >= 4 is 17.9 Å². The maximum Gasteiger partial charge on any atom is 0.343 e. The number of hydrogen-bond acceptors (Lipinski definition) is 6. The molecular weight excluding hydrogens is 372 g/mol. The number of carboxylic acids is 3. The third-order valence-corrected chi connectivity index (χ3v) is 3.59. The van der Waals surface area contributed by atoms with Crippen LogP contribution in [0, 0.1) is 0 Å². The van der Waals surface area contributed by atoms with Crippen molar-refractivity contribution in [3.05, 3.63) is 52.6 Å². The molecule has 2 aromatic carbocycles. The summed E-state index contributed by atoms with van der Waals surface area (Å²) in [4.78, 5) is 32.1. The van der Waals surface area contributed by atoms with E-state index in [1.165, 1.54) is 18.2 Å². The van der Waals surface area contributed by atoms with Crippen LogP contribution in [0.4, 0.5) is 0 Å². The Bertz CT molecular complexity index is 868. The third-order valence-electron chi connectivity index (χ3n) is 3.59. The molecule has 0 radical (unpaired) electrons. The first-order valence-corrected chi connectivity index (χ1v) is 7.84. The third kappa shape index (κ3) is 5.63. The van der Waals surface area contributed by atoms with Crippen molar-refractivity contribution < 1.29 is 45.0 Å². The molecule has 2 rings (SSSR count). The summed E-state index contributed by atoms with van der Waals surface area (Å²) in [6.45, 7) is 5.71. The quantitative estimate of drug-likeness (QED) is 0.459. The predicted octanol–water partition coefficient (Wildman–Crippen LogP) is 2.88. The van der Waals surface area contributed by atoms with Crippen LogP contribution in [0.1, 0.15) is 57.4 Å². The van der Waals surface area contributed by atoms with Gasteiger partial charge < -0.3 is 30.6 Å². The molecule has 2 aromatic rings. The van der Waals surface area contributed by atoms with Crippen LogP contribution in [-0.2, 0) is 5.41 Å². The minimum atomic E-state index is -1.45. The fourth-order valence-electron chi connectivity index (χ4n) is 2.12. The second-order valence-corrected chi connectivity index (χ2v) is 6.82. The van der Waals surface area contributed by atoms with E-state index in [1.54, 1.807) is 0 Å². The Morgan fingerprint density at radius 1 is 0.679 bits per heavy atom. The lowest BCUT2D eigenvalue weighted by atomic mass is 9.85. The Morgan fingerprint density at radius 3 is 1.36 bits per heavy atom. The fourth-order valence-corrected chi connectivity index (χ4v) is 2.12. The van der Waals surface area contributed by atoms with Crippen LogP contribution < -0.4 is 0 Å². The standard InChI is InChI=1S/C12H14O4.C7H6O5/c1-12(2,3)9-5-7(10(13)14)4-8(6-9)11(15)16;8-3-1-4(9)6(7(11)12)5(10)2-3/h4-6H,1-3H3,(H,13,14)(H,15,16);1-2,8-10H,(H,11,12). The van der Waals surface area contributed by atoms with E-state index in [-0.39, 0.29) is 16.5 Å². The lowest BCUT2D eigenvalue weighted by molar-refractivity contribution is 0.0677. The molecule has 0 aliphatic rings. The first-order valence-electron chi connectivity index (χ1n) is 7.84. The SMILES string of the molecule is CC(C)(C)c1cc(C(=O)O)cc(C(=O)O)c1.O=C(O)c1c(O)cc(O)cc1O. The van der Waals surface area contributed by atoms with E-state index in [4.69, 9.17) is 30.6 Å². The highest BCUT2D eigenvalue weighted by Crippen LogP contribution is 2.31. The monoisotopic (exact) mass is 392 g/mol. The Labute approximate surface area is 159 Å². The number of carbonyl (C=O) groups is 3. The highest BCUT2D eigenvalue weighted by Gasteiger charge is 2.19. The van der Waals surface area contributed by atoms with Crippen LogP contribution in [0.3, 0.4) is 0 Å². The maximum absolute atomic E-state index is 10.9. The first kappa shape index (κ1) is 22.3. The van der Waals surface area contributed by atoms with E-state index in [2.05, 4.69) is 0 Å². The van der Waals surface area contributed by atoms with Gasteiger partial charge in [-0.15, -0.1) is 0 Å². The van der Waals surface area contributed by atoms with Gasteiger partial charge in [-0.2, -0.15) is 0 Å². The number of carboxylic acid groups (broad SMARTS) is 3. The summed E-state index contributed by atoms with van der Waals surface area (Å²) in [5.74, 6) is -5.41. The van der Waals surface area contributed by atoms with E-state index < -0.39 is 40.7 Å². The molecule has 0 unspecified atom stereocenters. The van der Waals surface area contributed by atoms with Crippen molar-refractivity contribution in [1.29, 1.82) is 0 Å². The summed E-state index contributed by atoms with van der Waals surface area (Å²) in [6.07, 6.45) is 0. The smallest absolute Gasteiger partial charge is 0.343 e. The highest BCUT2D eigenvalue weighted by molar-refractivity contribution is 5.94. The van der Waals surface area contributed by atoms with Crippen molar-refractivity contribution in [1.82, 2.24) is 0 Å². The van der Waals surface area contributed by atoms with Crippen LogP contribution in [0.5, 0.6) is 17.2 Å². The minimum Gasteiger partial charge on any atom is -0.508 e. The van der Waals surface area contributed by atoms with Crippen LogP contribution in [0.2, 0.25) is 0 Å². The number of hydrogen-bond donors (Lipinski definition) is 6. The van der Waals surface area contributed by atoms with Gasteiger partial charge in [0, 0.05) is 12.1 Å². The van der Waals surface area contributed by atoms with Gasteiger partial charge in [0.1, 0.15) is 22.8 Å². The van der Waals surface area contributed by atoms with E-state index >= 15 is 0 Å². The number of benzene rings is 2. The second kappa shape index (κ2) is 8.30. The maximum atomic E-state index is 10.9. The van der Waals surface area contributed by atoms with Gasteiger partial charge in [-0.05, 0) is 29.2 Å². The molecule has 150 valence electrons. The number of phenols is 3. The predicted molar refractivity (Wildman–Crippen MR) is 97.5 cm³/mol. The van der Waals surface area contributed by atoms with E-state index in [0.717, 1.165) is 12.1 Å². The molecule has 0 atom stereocenters. The van der Waals surface area contributed by atoms with Gasteiger partial charge in [-0.3, -0.25) is 0 Å². The molecule has 0 bridgehead atoms. The molecule has 0 spiro atoms. The topological polar surface area (TPSA) is 173 Å². The lowest BCUT2D eigenvalue weighted by Crippen LogP contribution is -2.14. The average Bonchev–Trinajstić information content (AvgIpc) is 2.52. The van der Waals surface area contributed by atoms with Crippen LogP contribution in [-0.4, -0.2) is 48.5 Å². The van der Waals surface area contributed by atoms with Gasteiger partial charge >= 0.3 is 17.9 Å². The van der Waals surface area contributed by atoms with Gasteiger partial charge in [0.15, 0.2) is 0 Å². The molecule has 0 saturated carbocycles. The molecule has 0 amide bonds. The number of phenolic OH excluding ortho intramolecular Hbond substituents is 1. The molecule has 0 aliphatic heterocycles. The van der Waals surface area contributed by atoms with Gasteiger partial charge in [0.25, 0.3) is 0 Å². The molecule has 0 heterocycles. The molecular formula is C19H20O9. The molecule has 0 aliphatic carbocycles. The largest absolute Gasteiger partial charge is 0.508 e. The van der Waals surface area contributed by atoms with Crippen LogP contribution in [0.25, 0.3) is 0 Å². The van der Waals surface area contributed by atoms with Gasteiger partial charge in [-0.1, -0.05) is 20.8 Å². The highest BCUT2D eigenvalue weighted by atomic mass is 16.4. The Balaban J connectivity index is 0.000000292. The van der Waals surface area contributed by atoms with Gasteiger partial charge in [0.2, 0.25) is 0 Å². The van der Waals surface area contributed by atoms with E-state index in [1.807, 2.05) is 20.8 Å². The molecule has 0 saturated heterocycles. The molecule has 9 heteroatoms. The zero-order valence-electron chi connectivity index (χ0n) is 15.3. The van der Waals surface area contributed by atoms with Crippen molar-refractivity contribution in [2.75, 3.05) is 0 Å². The first-order chi connectivity index (χ1) is 12.7. The summed E-state index contributed by atoms with van der Waals surface area (Å²) in [5.41, 5.74) is -0.192. The summed E-state index contributed by atoms with van der Waals surface area (Å²) in [7, 11) is 0. The molecule has 9 nitrogen and oxygen atoms in total. The molecule has 6 N–H and O–H groups in total. The van der Waals surface area contributed by atoms with Crippen molar-refractivity contribution in [2.24, 2.45) is 0 Å². The molecule has 0 fully saturated rings. The minimum absolute atomic E-state index is 0.00447. The summed E-state index contributed by atoms with van der Waals surface area (Å²) in [6, 6.07) is 5.86. The van der Waals surface area contributed by atoms with Crippen molar-refractivity contribution in [3.8, 4) is 17.2 Å². The van der Waals surface area contributed by atoms with E-state index in [0.29, 0.717) is 5.56 Å². The van der Waals surface area contributed by atoms with Gasteiger partial charge in [-0.25, -0.2) is 14.4 Å². The molecule has 0 aromatic heterocycles. The summed E-state index contributed by atoms with van der Waals surface area (Å²) >= 11 is 0. The summed E-state index contributed by atoms with van der Waals surface area (Å²) < 4.78 is 0. The number of rotatable bonds is 3. The Kier molecular flexibility index (Phi) is 6.60. The zero-order valence-corrected chi connectivity index (χ0v) is 15.3. The Hall–Kier alpha value is -3.75. The normalized spacial score (nSPS) is 10.5.